The maximum absolute atomic E-state index is 5.48. The van der Waals surface area contributed by atoms with Crippen LogP contribution in [-0.4, -0.2) is 18.5 Å². The summed E-state index contributed by atoms with van der Waals surface area (Å²) >= 11 is 3.56. The summed E-state index contributed by atoms with van der Waals surface area (Å²) in [5.74, 6) is 1.59. The largest absolute Gasteiger partial charge is 0.381 e. The van der Waals surface area contributed by atoms with Gasteiger partial charge < -0.3 is 4.74 Å². The minimum absolute atomic E-state index is 0.789. The molecule has 1 atom stereocenters. The smallest absolute Gasteiger partial charge is 0.0468 e. The molecule has 2 heteroatoms. The summed E-state index contributed by atoms with van der Waals surface area (Å²) < 4.78 is 5.48. The molecule has 0 aromatic heterocycles. The van der Waals surface area contributed by atoms with Crippen molar-refractivity contribution in [3.8, 4) is 0 Å². The first kappa shape index (κ1) is 13.4. The van der Waals surface area contributed by atoms with E-state index in [4.69, 9.17) is 4.74 Å². The van der Waals surface area contributed by atoms with E-state index in [1.165, 1.54) is 12.8 Å². The minimum atomic E-state index is 0.789. The molecule has 0 aromatic carbocycles. The summed E-state index contributed by atoms with van der Waals surface area (Å²) in [4.78, 5) is 0. The van der Waals surface area contributed by atoms with Gasteiger partial charge in [-0.1, -0.05) is 36.7 Å². The molecule has 0 fully saturated rings. The second kappa shape index (κ2) is 9.01. The van der Waals surface area contributed by atoms with E-state index in [-0.39, 0.29) is 0 Å². The molecule has 0 saturated heterocycles. The van der Waals surface area contributed by atoms with E-state index >= 15 is 0 Å². The summed E-state index contributed by atoms with van der Waals surface area (Å²) in [7, 11) is 0. The topological polar surface area (TPSA) is 9.23 Å². The predicted molar refractivity (Wildman–Crippen MR) is 62.5 cm³/mol. The zero-order valence-electron chi connectivity index (χ0n) is 9.18. The maximum atomic E-state index is 5.48. The SMILES string of the molecule is CCCOCCC(CBr)CC(C)C. The van der Waals surface area contributed by atoms with Crippen molar-refractivity contribution in [3.05, 3.63) is 0 Å². The fraction of sp³-hybridized carbons (Fsp3) is 1.00. The van der Waals surface area contributed by atoms with Crippen LogP contribution in [0.3, 0.4) is 0 Å². The van der Waals surface area contributed by atoms with Gasteiger partial charge in [-0.05, 0) is 31.1 Å². The molecule has 0 radical (unpaired) electrons. The van der Waals surface area contributed by atoms with E-state index in [1.807, 2.05) is 0 Å². The van der Waals surface area contributed by atoms with Crippen molar-refractivity contribution in [1.82, 2.24) is 0 Å². The Balaban J connectivity index is 3.36. The number of rotatable bonds is 8. The number of alkyl halides is 1. The molecule has 1 nitrogen and oxygen atoms in total. The Hall–Kier alpha value is 0.440. The minimum Gasteiger partial charge on any atom is -0.381 e. The highest BCUT2D eigenvalue weighted by Crippen LogP contribution is 2.17. The van der Waals surface area contributed by atoms with E-state index in [9.17, 15) is 0 Å². The first-order valence-electron chi connectivity index (χ1n) is 5.34. The third-order valence-corrected chi connectivity index (χ3v) is 2.96. The van der Waals surface area contributed by atoms with E-state index in [0.717, 1.165) is 36.8 Å². The highest BCUT2D eigenvalue weighted by Gasteiger charge is 2.08. The zero-order valence-corrected chi connectivity index (χ0v) is 10.8. The van der Waals surface area contributed by atoms with Gasteiger partial charge in [0.25, 0.3) is 0 Å². The standard InChI is InChI=1S/C11H23BrO/c1-4-6-13-7-5-11(9-12)8-10(2)3/h10-11H,4-9H2,1-3H3. The van der Waals surface area contributed by atoms with Crippen molar-refractivity contribution >= 4 is 15.9 Å². The molecule has 0 bridgehead atoms. The summed E-state index contributed by atoms with van der Waals surface area (Å²) in [5.41, 5.74) is 0. The first-order chi connectivity index (χ1) is 6.20. The van der Waals surface area contributed by atoms with E-state index in [2.05, 4.69) is 36.7 Å². The summed E-state index contributed by atoms with van der Waals surface area (Å²) in [6, 6.07) is 0. The van der Waals surface area contributed by atoms with Gasteiger partial charge in [0.15, 0.2) is 0 Å². The molecule has 13 heavy (non-hydrogen) atoms. The van der Waals surface area contributed by atoms with Crippen molar-refractivity contribution in [2.75, 3.05) is 18.5 Å². The van der Waals surface area contributed by atoms with Gasteiger partial charge in [-0.2, -0.15) is 0 Å². The number of halogens is 1. The molecular weight excluding hydrogens is 228 g/mol. The molecule has 0 saturated carbocycles. The number of ether oxygens (including phenoxy) is 1. The van der Waals surface area contributed by atoms with Gasteiger partial charge in [0.1, 0.15) is 0 Å². The van der Waals surface area contributed by atoms with Crippen LogP contribution in [0.25, 0.3) is 0 Å². The van der Waals surface area contributed by atoms with Crippen molar-refractivity contribution < 1.29 is 4.74 Å². The molecule has 0 N–H and O–H groups in total. The highest BCUT2D eigenvalue weighted by molar-refractivity contribution is 9.09. The van der Waals surface area contributed by atoms with Crippen molar-refractivity contribution in [2.45, 2.75) is 40.0 Å². The summed E-state index contributed by atoms with van der Waals surface area (Å²) in [5, 5.41) is 1.11. The van der Waals surface area contributed by atoms with Gasteiger partial charge in [-0.15, -0.1) is 0 Å². The fourth-order valence-corrected chi connectivity index (χ4v) is 2.01. The summed E-state index contributed by atoms with van der Waals surface area (Å²) in [6.07, 6.45) is 3.63. The van der Waals surface area contributed by atoms with Crippen LogP contribution in [0.15, 0.2) is 0 Å². The van der Waals surface area contributed by atoms with Gasteiger partial charge in [0.05, 0.1) is 0 Å². The molecular formula is C11H23BrO. The molecule has 0 heterocycles. The average Bonchev–Trinajstić information content (AvgIpc) is 2.09. The van der Waals surface area contributed by atoms with Crippen molar-refractivity contribution in [2.24, 2.45) is 11.8 Å². The van der Waals surface area contributed by atoms with Crippen LogP contribution in [0, 0.1) is 11.8 Å². The lowest BCUT2D eigenvalue weighted by molar-refractivity contribution is 0.120. The maximum Gasteiger partial charge on any atom is 0.0468 e. The van der Waals surface area contributed by atoms with Gasteiger partial charge in [-0.3, -0.25) is 0 Å². The lowest BCUT2D eigenvalue weighted by atomic mass is 9.96. The van der Waals surface area contributed by atoms with Crippen molar-refractivity contribution in [1.29, 1.82) is 0 Å². The Morgan fingerprint density at radius 3 is 2.38 bits per heavy atom. The molecule has 0 aromatic rings. The lowest BCUT2D eigenvalue weighted by Crippen LogP contribution is -2.10. The average molecular weight is 251 g/mol. The van der Waals surface area contributed by atoms with Crippen LogP contribution in [-0.2, 0) is 4.74 Å². The fourth-order valence-electron chi connectivity index (χ4n) is 1.42. The van der Waals surface area contributed by atoms with Crippen LogP contribution in [0.1, 0.15) is 40.0 Å². The molecule has 0 aliphatic heterocycles. The Morgan fingerprint density at radius 1 is 1.23 bits per heavy atom. The Bertz CT molecular complexity index is 104. The van der Waals surface area contributed by atoms with Crippen LogP contribution in [0.2, 0.25) is 0 Å². The van der Waals surface area contributed by atoms with Crippen LogP contribution < -0.4 is 0 Å². The molecule has 0 aliphatic rings. The number of hydrogen-bond donors (Lipinski definition) is 0. The predicted octanol–water partition coefficient (Wildman–Crippen LogP) is 3.86. The van der Waals surface area contributed by atoms with Gasteiger partial charge in [-0.25, -0.2) is 0 Å². The number of hydrogen-bond acceptors (Lipinski definition) is 1. The van der Waals surface area contributed by atoms with Crippen LogP contribution in [0.5, 0.6) is 0 Å². The van der Waals surface area contributed by atoms with Gasteiger partial charge in [0.2, 0.25) is 0 Å². The second-order valence-electron chi connectivity index (χ2n) is 4.05. The lowest BCUT2D eigenvalue weighted by Gasteiger charge is -2.15. The third-order valence-electron chi connectivity index (χ3n) is 2.04. The molecule has 1 unspecified atom stereocenters. The Labute approximate surface area is 91.4 Å². The van der Waals surface area contributed by atoms with Crippen molar-refractivity contribution in [3.63, 3.8) is 0 Å². The van der Waals surface area contributed by atoms with E-state index in [0.29, 0.717) is 0 Å². The monoisotopic (exact) mass is 250 g/mol. The molecule has 80 valence electrons. The Kier molecular flexibility index (Phi) is 9.32. The van der Waals surface area contributed by atoms with Crippen LogP contribution in [0.4, 0.5) is 0 Å². The molecule has 0 aliphatic carbocycles. The second-order valence-corrected chi connectivity index (χ2v) is 4.70. The first-order valence-corrected chi connectivity index (χ1v) is 6.46. The quantitative estimate of drug-likeness (QED) is 0.470. The normalized spacial score (nSPS) is 13.6. The van der Waals surface area contributed by atoms with Gasteiger partial charge >= 0.3 is 0 Å². The zero-order chi connectivity index (χ0) is 10.1. The highest BCUT2D eigenvalue weighted by atomic mass is 79.9. The molecule has 0 spiro atoms. The molecule has 0 amide bonds. The van der Waals surface area contributed by atoms with Crippen LogP contribution >= 0.6 is 15.9 Å². The third kappa shape index (κ3) is 8.76. The van der Waals surface area contributed by atoms with E-state index in [1.54, 1.807) is 0 Å². The van der Waals surface area contributed by atoms with E-state index < -0.39 is 0 Å². The van der Waals surface area contributed by atoms with Gasteiger partial charge in [0, 0.05) is 18.5 Å². The molecule has 0 rings (SSSR count). The Morgan fingerprint density at radius 2 is 1.92 bits per heavy atom. The summed E-state index contributed by atoms with van der Waals surface area (Å²) in [6.45, 7) is 8.55.